The molecule has 0 radical (unpaired) electrons. The second-order valence-corrected chi connectivity index (χ2v) is 7.05. The predicted molar refractivity (Wildman–Crippen MR) is 99.5 cm³/mol. The Morgan fingerprint density at radius 3 is 2.04 bits per heavy atom. The molecule has 28 heavy (non-hydrogen) atoms. The van der Waals surface area contributed by atoms with Gasteiger partial charge in [0.05, 0.1) is 18.9 Å². The molecule has 0 N–H and O–H groups in total. The largest absolute Gasteiger partial charge is 0.497 e. The average Bonchev–Trinajstić information content (AvgIpc) is 2.97. The van der Waals surface area contributed by atoms with Crippen LogP contribution in [0.25, 0.3) is 0 Å². The molecule has 4 atom stereocenters. The van der Waals surface area contributed by atoms with Gasteiger partial charge in [-0.05, 0) is 51.0 Å². The summed E-state index contributed by atoms with van der Waals surface area (Å²) in [5, 5.41) is 0. The molecule has 2 aliphatic rings. The van der Waals surface area contributed by atoms with Crippen molar-refractivity contribution >= 4 is 23.6 Å². The lowest BCUT2D eigenvalue weighted by Crippen LogP contribution is -2.45. The monoisotopic (exact) mass is 385 g/mol. The number of hydrogen-bond acceptors (Lipinski definition) is 6. The summed E-state index contributed by atoms with van der Waals surface area (Å²) in [5.74, 6) is -2.06. The Balaban J connectivity index is 1.65. The number of ketones is 1. The number of imide groups is 1. The molecule has 0 bridgehead atoms. The van der Waals surface area contributed by atoms with E-state index in [-0.39, 0.29) is 17.6 Å². The SMILES string of the molecule is COc1ccc(C(=O)[C@H](C)OC(=O)[C@H](C)N2C(=O)[C@H]3CC=CC[C@@H]3C2=O)cc1. The number of carbonyl (C=O) groups is 4. The number of nitrogens with zero attached hydrogens (tertiary/aromatic N) is 1. The van der Waals surface area contributed by atoms with Crippen LogP contribution in [0.3, 0.4) is 0 Å². The van der Waals surface area contributed by atoms with E-state index in [0.717, 1.165) is 4.90 Å². The fourth-order valence-electron chi connectivity index (χ4n) is 3.63. The van der Waals surface area contributed by atoms with Gasteiger partial charge in [-0.15, -0.1) is 0 Å². The van der Waals surface area contributed by atoms with Crippen LogP contribution < -0.4 is 4.74 Å². The smallest absolute Gasteiger partial charge is 0.329 e. The summed E-state index contributed by atoms with van der Waals surface area (Å²) in [7, 11) is 1.52. The van der Waals surface area contributed by atoms with Crippen molar-refractivity contribution in [3.8, 4) is 5.75 Å². The van der Waals surface area contributed by atoms with Crippen molar-refractivity contribution in [3.63, 3.8) is 0 Å². The number of rotatable bonds is 6. The minimum atomic E-state index is -1.07. The van der Waals surface area contributed by atoms with Gasteiger partial charge in [0.2, 0.25) is 17.6 Å². The zero-order valence-corrected chi connectivity index (χ0v) is 16.1. The molecule has 0 unspecified atom stereocenters. The first-order chi connectivity index (χ1) is 13.3. The third kappa shape index (κ3) is 3.56. The highest BCUT2D eigenvalue weighted by Gasteiger charge is 2.50. The van der Waals surface area contributed by atoms with Gasteiger partial charge in [0.1, 0.15) is 11.8 Å². The third-order valence-electron chi connectivity index (χ3n) is 5.31. The van der Waals surface area contributed by atoms with Gasteiger partial charge in [-0.3, -0.25) is 19.3 Å². The lowest BCUT2D eigenvalue weighted by molar-refractivity contribution is -0.159. The number of hydrogen-bond donors (Lipinski definition) is 0. The minimum absolute atomic E-state index is 0.349. The maximum absolute atomic E-state index is 12.6. The molecule has 1 saturated heterocycles. The van der Waals surface area contributed by atoms with Crippen molar-refractivity contribution in [2.75, 3.05) is 7.11 Å². The Kier molecular flexibility index (Phi) is 5.63. The number of carbonyl (C=O) groups excluding carboxylic acids is 4. The fraction of sp³-hybridized carbons (Fsp3) is 0.429. The van der Waals surface area contributed by atoms with E-state index in [0.29, 0.717) is 24.2 Å². The first-order valence-electron chi connectivity index (χ1n) is 9.25. The number of ether oxygens (including phenoxy) is 2. The normalized spacial score (nSPS) is 23.2. The summed E-state index contributed by atoms with van der Waals surface area (Å²) in [6.07, 6.45) is 3.72. The van der Waals surface area contributed by atoms with Crippen LogP contribution in [0.4, 0.5) is 0 Å². The molecule has 1 fully saturated rings. The van der Waals surface area contributed by atoms with E-state index in [1.807, 2.05) is 12.2 Å². The minimum Gasteiger partial charge on any atom is -0.497 e. The average molecular weight is 385 g/mol. The first-order valence-corrected chi connectivity index (χ1v) is 9.25. The molecule has 1 heterocycles. The number of fused-ring (bicyclic) bond motifs is 1. The van der Waals surface area contributed by atoms with Crippen LogP contribution in [0, 0.1) is 11.8 Å². The van der Waals surface area contributed by atoms with Crippen molar-refractivity contribution < 1.29 is 28.7 Å². The summed E-state index contributed by atoms with van der Waals surface area (Å²) in [4.78, 5) is 51.2. The number of Topliss-reactive ketones (excluding diaryl/α,β-unsaturated/α-hetero) is 1. The van der Waals surface area contributed by atoms with E-state index in [9.17, 15) is 19.2 Å². The zero-order chi connectivity index (χ0) is 20.4. The zero-order valence-electron chi connectivity index (χ0n) is 16.1. The Morgan fingerprint density at radius 2 is 1.54 bits per heavy atom. The van der Waals surface area contributed by atoms with Crippen LogP contribution in [0.5, 0.6) is 5.75 Å². The summed E-state index contributed by atoms with van der Waals surface area (Å²) in [6, 6.07) is 5.38. The summed E-state index contributed by atoms with van der Waals surface area (Å²) in [6.45, 7) is 2.92. The molecule has 0 aromatic heterocycles. The van der Waals surface area contributed by atoms with Gasteiger partial charge in [-0.1, -0.05) is 12.2 Å². The van der Waals surface area contributed by atoms with Crippen LogP contribution in [0.1, 0.15) is 37.0 Å². The number of methoxy groups -OCH3 is 1. The molecule has 0 spiro atoms. The van der Waals surface area contributed by atoms with Crippen molar-refractivity contribution in [1.29, 1.82) is 0 Å². The molecule has 7 nitrogen and oxygen atoms in total. The van der Waals surface area contributed by atoms with Crippen LogP contribution >= 0.6 is 0 Å². The van der Waals surface area contributed by atoms with Crippen LogP contribution in [-0.2, 0) is 19.1 Å². The molecule has 148 valence electrons. The maximum atomic E-state index is 12.6. The van der Waals surface area contributed by atoms with Gasteiger partial charge in [0.15, 0.2) is 6.10 Å². The fourth-order valence-corrected chi connectivity index (χ4v) is 3.63. The van der Waals surface area contributed by atoms with Crippen molar-refractivity contribution in [3.05, 3.63) is 42.0 Å². The van der Waals surface area contributed by atoms with Gasteiger partial charge in [0.25, 0.3) is 0 Å². The van der Waals surface area contributed by atoms with Gasteiger partial charge in [-0.2, -0.15) is 0 Å². The maximum Gasteiger partial charge on any atom is 0.329 e. The number of benzene rings is 1. The van der Waals surface area contributed by atoms with E-state index in [1.54, 1.807) is 24.3 Å². The van der Waals surface area contributed by atoms with Crippen molar-refractivity contribution in [2.24, 2.45) is 11.8 Å². The molecule has 1 aliphatic carbocycles. The van der Waals surface area contributed by atoms with E-state index < -0.39 is 30.0 Å². The Labute approximate surface area is 163 Å². The summed E-state index contributed by atoms with van der Waals surface area (Å²) < 4.78 is 10.3. The Hall–Kier alpha value is -2.96. The molecule has 0 saturated carbocycles. The van der Waals surface area contributed by atoms with Crippen molar-refractivity contribution in [1.82, 2.24) is 4.90 Å². The van der Waals surface area contributed by atoms with Crippen LogP contribution in [-0.4, -0.2) is 47.7 Å². The molecule has 7 heteroatoms. The second kappa shape index (κ2) is 7.96. The molecule has 2 amide bonds. The molecule has 1 aliphatic heterocycles. The molecule has 1 aromatic carbocycles. The van der Waals surface area contributed by atoms with Gasteiger partial charge < -0.3 is 9.47 Å². The number of likely N-dealkylation sites (tertiary alicyclic amines) is 1. The van der Waals surface area contributed by atoms with Crippen LogP contribution in [0.2, 0.25) is 0 Å². The third-order valence-corrected chi connectivity index (χ3v) is 5.31. The topological polar surface area (TPSA) is 90.0 Å². The first kappa shape index (κ1) is 19.8. The number of allylic oxidation sites excluding steroid dienone is 2. The van der Waals surface area contributed by atoms with E-state index in [4.69, 9.17) is 9.47 Å². The Morgan fingerprint density at radius 1 is 1.00 bits per heavy atom. The molecular formula is C21H23NO6. The summed E-state index contributed by atoms with van der Waals surface area (Å²) in [5.41, 5.74) is 0.374. The highest BCUT2D eigenvalue weighted by Crippen LogP contribution is 2.36. The lowest BCUT2D eigenvalue weighted by atomic mass is 9.85. The highest BCUT2D eigenvalue weighted by molar-refractivity contribution is 6.08. The summed E-state index contributed by atoms with van der Waals surface area (Å²) >= 11 is 0. The highest BCUT2D eigenvalue weighted by atomic mass is 16.5. The van der Waals surface area contributed by atoms with Crippen LogP contribution in [0.15, 0.2) is 36.4 Å². The standard InChI is InChI=1S/C21H23NO6/c1-12(22-19(24)16-6-4-5-7-17(16)20(22)25)21(26)28-13(2)18(23)14-8-10-15(27-3)11-9-14/h4-5,8-13,16-17H,6-7H2,1-3H3/t12-,13-,16-,17-/m0/s1. The molecule has 1 aromatic rings. The quantitative estimate of drug-likeness (QED) is 0.323. The van der Waals surface area contributed by atoms with Crippen molar-refractivity contribution in [2.45, 2.75) is 38.8 Å². The number of esters is 1. The molecule has 3 rings (SSSR count). The Bertz CT molecular complexity index is 802. The second-order valence-electron chi connectivity index (χ2n) is 7.05. The van der Waals surface area contributed by atoms with Gasteiger partial charge in [0, 0.05) is 5.56 Å². The van der Waals surface area contributed by atoms with Gasteiger partial charge >= 0.3 is 5.97 Å². The number of amides is 2. The lowest BCUT2D eigenvalue weighted by Gasteiger charge is -2.23. The van der Waals surface area contributed by atoms with E-state index in [1.165, 1.54) is 21.0 Å². The predicted octanol–water partition coefficient (Wildman–Crippen LogP) is 2.15. The molecular weight excluding hydrogens is 362 g/mol. The van der Waals surface area contributed by atoms with Gasteiger partial charge in [-0.25, -0.2) is 4.79 Å². The van der Waals surface area contributed by atoms with E-state index in [2.05, 4.69) is 0 Å². The van der Waals surface area contributed by atoms with E-state index >= 15 is 0 Å².